The minimum atomic E-state index is -0.575. The lowest BCUT2D eigenvalue weighted by Crippen LogP contribution is -2.07. The number of aryl methyl sites for hydroxylation is 1. The second kappa shape index (κ2) is 7.63. The normalized spacial score (nSPS) is 10.8. The molecular weight excluding hydrogens is 359 g/mol. The van der Waals surface area contributed by atoms with E-state index < -0.39 is 5.82 Å². The maximum absolute atomic E-state index is 15.1. The molecule has 10 heteroatoms. The Balaban J connectivity index is 1.98. The average Bonchev–Trinajstić information content (AvgIpc) is 3.05. The first kappa shape index (κ1) is 18.0. The second-order valence-corrected chi connectivity index (χ2v) is 5.94. The van der Waals surface area contributed by atoms with Crippen LogP contribution < -0.4 is 16.0 Å². The molecule has 136 valence electrons. The summed E-state index contributed by atoms with van der Waals surface area (Å²) in [4.78, 5) is 8.53. The van der Waals surface area contributed by atoms with Gasteiger partial charge in [-0.3, -0.25) is 0 Å². The van der Waals surface area contributed by atoms with Crippen LogP contribution in [0.15, 0.2) is 24.4 Å². The Morgan fingerprint density at radius 2 is 2.04 bits per heavy atom. The number of nitrogens with zero attached hydrogens (tertiary/aromatic N) is 5. The van der Waals surface area contributed by atoms with Gasteiger partial charge in [-0.25, -0.2) is 14.1 Å². The first-order chi connectivity index (χ1) is 12.5. The zero-order valence-corrected chi connectivity index (χ0v) is 15.3. The van der Waals surface area contributed by atoms with Crippen LogP contribution in [0.2, 0.25) is 5.02 Å². The lowest BCUT2D eigenvalue weighted by molar-refractivity contribution is 0.611. The van der Waals surface area contributed by atoms with E-state index in [1.54, 1.807) is 32.4 Å². The van der Waals surface area contributed by atoms with Crippen molar-refractivity contribution in [3.63, 3.8) is 0 Å². The highest BCUT2D eigenvalue weighted by Crippen LogP contribution is 2.30. The molecule has 0 aliphatic heterocycles. The molecule has 0 amide bonds. The fourth-order valence-electron chi connectivity index (χ4n) is 2.39. The fourth-order valence-corrected chi connectivity index (χ4v) is 2.62. The third-order valence-corrected chi connectivity index (χ3v) is 3.86. The van der Waals surface area contributed by atoms with E-state index in [4.69, 9.17) is 11.6 Å². The van der Waals surface area contributed by atoms with Crippen molar-refractivity contribution in [2.45, 2.75) is 13.5 Å². The minimum absolute atomic E-state index is 0.105. The van der Waals surface area contributed by atoms with E-state index in [0.29, 0.717) is 18.1 Å². The molecular formula is C16H18ClFN8. The summed E-state index contributed by atoms with van der Waals surface area (Å²) in [5.41, 5.74) is 1.70. The van der Waals surface area contributed by atoms with Crippen LogP contribution in [-0.2, 0) is 6.54 Å². The molecule has 0 saturated heterocycles. The predicted octanol–water partition coefficient (Wildman–Crippen LogP) is 2.66. The van der Waals surface area contributed by atoms with E-state index in [1.807, 2.05) is 6.92 Å². The Morgan fingerprint density at radius 1 is 1.23 bits per heavy atom. The Morgan fingerprint density at radius 3 is 2.77 bits per heavy atom. The molecule has 0 spiro atoms. The molecule has 2 heterocycles. The van der Waals surface area contributed by atoms with Gasteiger partial charge in [-0.15, -0.1) is 5.10 Å². The minimum Gasteiger partial charge on any atom is -0.373 e. The van der Waals surface area contributed by atoms with E-state index in [9.17, 15) is 0 Å². The lowest BCUT2D eigenvalue weighted by Gasteiger charge is -2.12. The number of halogens is 2. The van der Waals surface area contributed by atoms with Crippen LogP contribution in [0, 0.1) is 12.7 Å². The highest BCUT2D eigenvalue weighted by atomic mass is 35.5. The molecule has 3 N–H and O–H groups in total. The third kappa shape index (κ3) is 3.73. The standard InChI is InChI=1S/C16H18ClFN8/c1-9-6-13(20-3)23-16(21-9)22-12-5-4-11(17)15(14(12)18)26-8-10(7-19-2)24-25-26/h4-6,8,19H,7H2,1-3H3,(H2,20,21,22,23). The van der Waals surface area contributed by atoms with Crippen molar-refractivity contribution in [2.24, 2.45) is 0 Å². The molecule has 0 saturated carbocycles. The van der Waals surface area contributed by atoms with E-state index in [0.717, 1.165) is 5.69 Å². The van der Waals surface area contributed by atoms with Gasteiger partial charge in [0.25, 0.3) is 0 Å². The molecule has 3 rings (SSSR count). The molecule has 0 atom stereocenters. The maximum Gasteiger partial charge on any atom is 0.229 e. The van der Waals surface area contributed by atoms with Crippen LogP contribution in [0.25, 0.3) is 5.69 Å². The van der Waals surface area contributed by atoms with Crippen molar-refractivity contribution in [1.29, 1.82) is 0 Å². The molecule has 8 nitrogen and oxygen atoms in total. The van der Waals surface area contributed by atoms with Crippen LogP contribution >= 0.6 is 11.6 Å². The number of hydrogen-bond donors (Lipinski definition) is 3. The Bertz CT molecular complexity index is 927. The topological polar surface area (TPSA) is 92.6 Å². The van der Waals surface area contributed by atoms with Gasteiger partial charge in [-0.05, 0) is 26.1 Å². The van der Waals surface area contributed by atoms with Crippen molar-refractivity contribution in [2.75, 3.05) is 24.7 Å². The average molecular weight is 377 g/mol. The second-order valence-electron chi connectivity index (χ2n) is 5.54. The summed E-state index contributed by atoms with van der Waals surface area (Å²) in [5.74, 6) is 0.327. The third-order valence-electron chi connectivity index (χ3n) is 3.55. The molecule has 0 radical (unpaired) electrons. The van der Waals surface area contributed by atoms with E-state index in [-0.39, 0.29) is 22.3 Å². The van der Waals surface area contributed by atoms with Crippen LogP contribution in [0.5, 0.6) is 0 Å². The number of rotatable bonds is 6. The quantitative estimate of drug-likeness (QED) is 0.609. The SMILES string of the molecule is CNCc1cn(-c2c(Cl)ccc(Nc3nc(C)cc(NC)n3)c2F)nn1. The van der Waals surface area contributed by atoms with E-state index >= 15 is 4.39 Å². The zero-order valence-electron chi connectivity index (χ0n) is 14.5. The smallest absolute Gasteiger partial charge is 0.229 e. The maximum atomic E-state index is 15.1. The summed E-state index contributed by atoms with van der Waals surface area (Å²) in [6.45, 7) is 2.34. The number of nitrogens with one attached hydrogen (secondary N) is 3. The molecule has 0 aliphatic rings. The molecule has 3 aromatic rings. The summed E-state index contributed by atoms with van der Waals surface area (Å²) in [6, 6.07) is 4.89. The Kier molecular flexibility index (Phi) is 5.29. The summed E-state index contributed by atoms with van der Waals surface area (Å²) in [5, 5.41) is 16.9. The predicted molar refractivity (Wildman–Crippen MR) is 98.7 cm³/mol. The molecule has 2 aromatic heterocycles. The Labute approximate surface area is 154 Å². The van der Waals surface area contributed by atoms with Gasteiger partial charge in [0, 0.05) is 25.4 Å². The number of hydrogen-bond acceptors (Lipinski definition) is 7. The van der Waals surface area contributed by atoms with Crippen molar-refractivity contribution >= 4 is 29.1 Å². The largest absolute Gasteiger partial charge is 0.373 e. The van der Waals surface area contributed by atoms with Crippen LogP contribution in [0.1, 0.15) is 11.4 Å². The first-order valence-corrected chi connectivity index (χ1v) is 8.24. The van der Waals surface area contributed by atoms with Gasteiger partial charge < -0.3 is 16.0 Å². The molecule has 0 unspecified atom stereocenters. The van der Waals surface area contributed by atoms with Crippen molar-refractivity contribution in [3.05, 3.63) is 46.6 Å². The van der Waals surface area contributed by atoms with Gasteiger partial charge in [-0.2, -0.15) is 4.98 Å². The zero-order chi connectivity index (χ0) is 18.7. The summed E-state index contributed by atoms with van der Waals surface area (Å²) >= 11 is 6.18. The Hall–Kier alpha value is -2.78. The number of aromatic nitrogens is 5. The number of anilines is 3. The van der Waals surface area contributed by atoms with Crippen molar-refractivity contribution in [1.82, 2.24) is 30.3 Å². The summed E-state index contributed by atoms with van der Waals surface area (Å²) in [6.07, 6.45) is 1.62. The van der Waals surface area contributed by atoms with Crippen LogP contribution in [0.4, 0.5) is 21.8 Å². The van der Waals surface area contributed by atoms with Crippen molar-refractivity contribution < 1.29 is 4.39 Å². The van der Waals surface area contributed by atoms with Crippen LogP contribution in [0.3, 0.4) is 0 Å². The number of benzene rings is 1. The molecule has 0 bridgehead atoms. The molecule has 0 fully saturated rings. The summed E-state index contributed by atoms with van der Waals surface area (Å²) in [7, 11) is 3.54. The van der Waals surface area contributed by atoms with E-state index in [2.05, 4.69) is 36.2 Å². The monoisotopic (exact) mass is 376 g/mol. The molecule has 1 aromatic carbocycles. The molecule has 0 aliphatic carbocycles. The lowest BCUT2D eigenvalue weighted by atomic mass is 10.2. The molecule has 26 heavy (non-hydrogen) atoms. The van der Waals surface area contributed by atoms with Gasteiger partial charge in [0.05, 0.1) is 22.6 Å². The highest BCUT2D eigenvalue weighted by Gasteiger charge is 2.17. The summed E-state index contributed by atoms with van der Waals surface area (Å²) < 4.78 is 16.4. The highest BCUT2D eigenvalue weighted by molar-refractivity contribution is 6.32. The fraction of sp³-hybridized carbons (Fsp3) is 0.250. The van der Waals surface area contributed by atoms with Gasteiger partial charge in [-0.1, -0.05) is 16.8 Å². The van der Waals surface area contributed by atoms with Crippen molar-refractivity contribution in [3.8, 4) is 5.69 Å². The van der Waals surface area contributed by atoms with Gasteiger partial charge >= 0.3 is 0 Å². The van der Waals surface area contributed by atoms with E-state index in [1.165, 1.54) is 10.7 Å². The van der Waals surface area contributed by atoms with Gasteiger partial charge in [0.2, 0.25) is 5.95 Å². The first-order valence-electron chi connectivity index (χ1n) is 7.86. The van der Waals surface area contributed by atoms with Gasteiger partial charge in [0.1, 0.15) is 11.5 Å². The van der Waals surface area contributed by atoms with Crippen LogP contribution in [-0.4, -0.2) is 39.1 Å². The van der Waals surface area contributed by atoms with Gasteiger partial charge in [0.15, 0.2) is 5.82 Å².